The summed E-state index contributed by atoms with van der Waals surface area (Å²) in [5.41, 5.74) is 5.00. The van der Waals surface area contributed by atoms with Crippen molar-refractivity contribution in [1.82, 2.24) is 0 Å². The normalized spacial score (nSPS) is 12.0. The summed E-state index contributed by atoms with van der Waals surface area (Å²) in [4.78, 5) is 0. The summed E-state index contributed by atoms with van der Waals surface area (Å²) in [6, 6.07) is 12.7. The Kier molecular flexibility index (Phi) is 15.5. The maximum absolute atomic E-state index is 2.64. The van der Waals surface area contributed by atoms with Crippen molar-refractivity contribution in [2.24, 2.45) is 0 Å². The van der Waals surface area contributed by atoms with Crippen LogP contribution in [0.25, 0.3) is 10.8 Å². The maximum Gasteiger partial charge on any atom is -0.00700 e. The SMILES string of the molecule is CCCP(CCC)Cc1ccc2cc(CP(CCC)CCC)c(CP(CCC)CCC)cc2c1. The Balaban J connectivity index is 2.41. The fourth-order valence-electron chi connectivity index (χ4n) is 5.28. The van der Waals surface area contributed by atoms with Crippen LogP contribution in [0, 0.1) is 0 Å². The molecule has 0 radical (unpaired) electrons. The monoisotopic (exact) mass is 518 g/mol. The van der Waals surface area contributed by atoms with Crippen molar-refractivity contribution in [2.45, 2.75) is 98.6 Å². The zero-order valence-corrected chi connectivity index (χ0v) is 26.0. The van der Waals surface area contributed by atoms with Gasteiger partial charge in [-0.25, -0.2) is 0 Å². The first-order valence-electron chi connectivity index (χ1n) is 14.3. The molecule has 0 saturated heterocycles. The van der Waals surface area contributed by atoms with E-state index in [9.17, 15) is 0 Å². The Morgan fingerprint density at radius 2 is 0.824 bits per heavy atom. The Hall–Kier alpha value is -0.0100. The van der Waals surface area contributed by atoms with Crippen LogP contribution in [-0.4, -0.2) is 37.0 Å². The second kappa shape index (κ2) is 17.4. The lowest BCUT2D eigenvalue weighted by atomic mass is 10.0. The molecule has 0 aliphatic carbocycles. The molecule has 0 aliphatic rings. The van der Waals surface area contributed by atoms with E-state index in [1.165, 1.54) is 105 Å². The van der Waals surface area contributed by atoms with Gasteiger partial charge in [0.2, 0.25) is 0 Å². The van der Waals surface area contributed by atoms with E-state index in [1.807, 2.05) is 0 Å². The summed E-state index contributed by atoms with van der Waals surface area (Å²) in [6.45, 7) is 14.2. The van der Waals surface area contributed by atoms with Crippen LogP contribution in [0.3, 0.4) is 0 Å². The van der Waals surface area contributed by atoms with E-state index in [0.29, 0.717) is 0 Å². The van der Waals surface area contributed by atoms with Crippen molar-refractivity contribution in [1.29, 1.82) is 0 Å². The number of hydrogen-bond donors (Lipinski definition) is 0. The summed E-state index contributed by atoms with van der Waals surface area (Å²) < 4.78 is 0. The molecule has 0 unspecified atom stereocenters. The molecular formula is C31H53P3. The lowest BCUT2D eigenvalue weighted by Gasteiger charge is -2.23. The number of benzene rings is 2. The summed E-state index contributed by atoms with van der Waals surface area (Å²) in [5, 5.41) is 2.99. The Bertz CT molecular complexity index is 798. The van der Waals surface area contributed by atoms with Gasteiger partial charge in [-0.1, -0.05) is 110 Å². The van der Waals surface area contributed by atoms with Gasteiger partial charge < -0.3 is 0 Å². The molecule has 2 aromatic rings. The third kappa shape index (κ3) is 10.2. The smallest absolute Gasteiger partial charge is 0.00700 e. The molecule has 2 rings (SSSR count). The molecule has 0 aliphatic heterocycles. The zero-order chi connectivity index (χ0) is 24.8. The van der Waals surface area contributed by atoms with Crippen LogP contribution in [0.5, 0.6) is 0 Å². The molecular weight excluding hydrogens is 465 g/mol. The minimum atomic E-state index is 0.129. The van der Waals surface area contributed by atoms with Crippen LogP contribution in [0.4, 0.5) is 0 Å². The van der Waals surface area contributed by atoms with Gasteiger partial charge in [-0.2, -0.15) is 0 Å². The van der Waals surface area contributed by atoms with Crippen molar-refractivity contribution in [3.8, 4) is 0 Å². The first-order chi connectivity index (χ1) is 16.6. The first kappa shape index (κ1) is 30.2. The molecule has 0 amide bonds. The summed E-state index contributed by atoms with van der Waals surface area (Å²) in [6.07, 6.45) is 20.7. The lowest BCUT2D eigenvalue weighted by molar-refractivity contribution is 1.04. The van der Waals surface area contributed by atoms with Gasteiger partial charge in [-0.3, -0.25) is 0 Å². The van der Waals surface area contributed by atoms with Crippen LogP contribution >= 0.6 is 23.8 Å². The highest BCUT2D eigenvalue weighted by Crippen LogP contribution is 2.47. The molecule has 0 fully saturated rings. The average Bonchev–Trinajstić information content (AvgIpc) is 2.80. The van der Waals surface area contributed by atoms with E-state index in [1.54, 1.807) is 16.7 Å². The standard InChI is InChI=1S/C31H53P3/c1-7-15-32(16-8-2)24-27-13-14-28-22-30(25-33(17-9-3)18-10-4)31(23-29(28)21-27)26-34(19-11-5)20-12-6/h13-14,21-23H,7-12,15-20,24-26H2,1-6H3. The number of rotatable bonds is 18. The second-order valence-electron chi connectivity index (χ2n) is 10.1. The predicted molar refractivity (Wildman–Crippen MR) is 167 cm³/mol. The summed E-state index contributed by atoms with van der Waals surface area (Å²) in [5.74, 6) is 0. The van der Waals surface area contributed by atoms with E-state index in [-0.39, 0.29) is 23.8 Å². The third-order valence-corrected chi connectivity index (χ3v) is 15.5. The van der Waals surface area contributed by atoms with Crippen LogP contribution in [0.1, 0.15) is 96.8 Å². The number of hydrogen-bond acceptors (Lipinski definition) is 0. The maximum atomic E-state index is 2.64. The van der Waals surface area contributed by atoms with E-state index < -0.39 is 0 Å². The zero-order valence-electron chi connectivity index (χ0n) is 23.3. The van der Waals surface area contributed by atoms with Crippen molar-refractivity contribution in [3.63, 3.8) is 0 Å². The molecule has 0 nitrogen and oxygen atoms in total. The van der Waals surface area contributed by atoms with Gasteiger partial charge in [-0.05, 0) is 82.9 Å². The molecule has 0 spiro atoms. The minimum absolute atomic E-state index is 0.129. The molecule has 192 valence electrons. The Morgan fingerprint density at radius 3 is 1.24 bits per heavy atom. The highest BCUT2D eigenvalue weighted by molar-refractivity contribution is 7.57. The summed E-state index contributed by atoms with van der Waals surface area (Å²) in [7, 11) is 0.418. The van der Waals surface area contributed by atoms with Crippen molar-refractivity contribution in [2.75, 3.05) is 37.0 Å². The molecule has 0 aromatic heterocycles. The average molecular weight is 519 g/mol. The summed E-state index contributed by atoms with van der Waals surface area (Å²) >= 11 is 0. The highest BCUT2D eigenvalue weighted by atomic mass is 31.1. The van der Waals surface area contributed by atoms with Crippen LogP contribution < -0.4 is 0 Å². The molecule has 2 aromatic carbocycles. The highest BCUT2D eigenvalue weighted by Gasteiger charge is 2.16. The van der Waals surface area contributed by atoms with E-state index in [2.05, 4.69) is 71.9 Å². The molecule has 0 heterocycles. The van der Waals surface area contributed by atoms with Gasteiger partial charge in [0.15, 0.2) is 0 Å². The van der Waals surface area contributed by atoms with Crippen molar-refractivity contribution in [3.05, 3.63) is 47.0 Å². The molecule has 0 atom stereocenters. The van der Waals surface area contributed by atoms with Gasteiger partial charge in [-0.15, -0.1) is 23.8 Å². The van der Waals surface area contributed by atoms with Crippen LogP contribution in [0.15, 0.2) is 30.3 Å². The molecule has 0 saturated carbocycles. The van der Waals surface area contributed by atoms with Gasteiger partial charge in [0.05, 0.1) is 0 Å². The molecule has 0 N–H and O–H groups in total. The topological polar surface area (TPSA) is 0 Å². The Labute approximate surface area is 216 Å². The quantitative estimate of drug-likeness (QED) is 0.172. The fraction of sp³-hybridized carbons (Fsp3) is 0.677. The molecule has 0 bridgehead atoms. The van der Waals surface area contributed by atoms with Gasteiger partial charge in [0.1, 0.15) is 0 Å². The largest absolute Gasteiger partial charge is 0.102 e. The van der Waals surface area contributed by atoms with E-state index in [4.69, 9.17) is 0 Å². The predicted octanol–water partition coefficient (Wildman–Crippen LogP) is 11.2. The number of fused-ring (bicyclic) bond motifs is 1. The fourth-order valence-corrected chi connectivity index (χ4v) is 13.0. The van der Waals surface area contributed by atoms with Crippen molar-refractivity contribution >= 4 is 34.5 Å². The minimum Gasteiger partial charge on any atom is -0.102 e. The van der Waals surface area contributed by atoms with Crippen molar-refractivity contribution < 1.29 is 0 Å². The van der Waals surface area contributed by atoms with E-state index >= 15 is 0 Å². The van der Waals surface area contributed by atoms with Gasteiger partial charge in [0.25, 0.3) is 0 Å². The van der Waals surface area contributed by atoms with Crippen LogP contribution in [-0.2, 0) is 18.5 Å². The lowest BCUT2D eigenvalue weighted by Crippen LogP contribution is -2.01. The second-order valence-corrected chi connectivity index (χ2v) is 17.8. The molecule has 34 heavy (non-hydrogen) atoms. The van der Waals surface area contributed by atoms with Gasteiger partial charge in [0, 0.05) is 0 Å². The van der Waals surface area contributed by atoms with E-state index in [0.717, 1.165) is 0 Å². The van der Waals surface area contributed by atoms with Crippen LogP contribution in [0.2, 0.25) is 0 Å². The van der Waals surface area contributed by atoms with Gasteiger partial charge >= 0.3 is 0 Å². The first-order valence-corrected chi connectivity index (χ1v) is 20.0. The third-order valence-electron chi connectivity index (χ3n) is 6.66. The Morgan fingerprint density at radius 1 is 0.441 bits per heavy atom. The molecule has 3 heteroatoms.